The van der Waals surface area contributed by atoms with Gasteiger partial charge in [0.1, 0.15) is 22.4 Å². The summed E-state index contributed by atoms with van der Waals surface area (Å²) in [4.78, 5) is 7.81. The Hall–Kier alpha value is -0.850. The molecular formula is C10H6Br2ClN3O. The van der Waals surface area contributed by atoms with Gasteiger partial charge < -0.3 is 10.5 Å². The lowest BCUT2D eigenvalue weighted by atomic mass is 10.3. The molecule has 0 aliphatic heterocycles. The van der Waals surface area contributed by atoms with E-state index < -0.39 is 0 Å². The fraction of sp³-hybridized carbons (Fsp3) is 0. The van der Waals surface area contributed by atoms with Crippen LogP contribution in [-0.2, 0) is 0 Å². The molecule has 0 saturated heterocycles. The number of hydrogen-bond donors (Lipinski definition) is 1. The van der Waals surface area contributed by atoms with Crippen molar-refractivity contribution in [1.29, 1.82) is 0 Å². The maximum absolute atomic E-state index is 5.84. The first kappa shape index (κ1) is 12.6. The molecule has 88 valence electrons. The maximum Gasteiger partial charge on any atom is 0.238 e. The fourth-order valence-electron chi connectivity index (χ4n) is 1.10. The van der Waals surface area contributed by atoms with Gasteiger partial charge in [-0.25, -0.2) is 9.97 Å². The summed E-state index contributed by atoms with van der Waals surface area (Å²) in [5.41, 5.74) is 5.63. The maximum atomic E-state index is 5.84. The van der Waals surface area contributed by atoms with Crippen LogP contribution in [0.4, 0.5) is 5.82 Å². The van der Waals surface area contributed by atoms with E-state index in [0.29, 0.717) is 26.9 Å². The molecule has 2 N–H and O–H groups in total. The lowest BCUT2D eigenvalue weighted by molar-refractivity contribution is 0.456. The van der Waals surface area contributed by atoms with Gasteiger partial charge in [0, 0.05) is 5.02 Å². The van der Waals surface area contributed by atoms with E-state index in [1.165, 1.54) is 6.33 Å². The van der Waals surface area contributed by atoms with Crippen molar-refractivity contribution < 1.29 is 4.74 Å². The van der Waals surface area contributed by atoms with Crippen LogP contribution in [0.3, 0.4) is 0 Å². The summed E-state index contributed by atoms with van der Waals surface area (Å²) in [6.07, 6.45) is 1.33. The molecule has 0 aliphatic rings. The summed E-state index contributed by atoms with van der Waals surface area (Å²) in [6, 6.07) is 5.19. The van der Waals surface area contributed by atoms with Crippen LogP contribution in [0.15, 0.2) is 33.5 Å². The summed E-state index contributed by atoms with van der Waals surface area (Å²) in [6.45, 7) is 0. The number of nitrogen functional groups attached to an aromatic ring is 1. The van der Waals surface area contributed by atoms with Gasteiger partial charge in [-0.1, -0.05) is 11.6 Å². The standard InChI is InChI=1S/C10H6Br2ClN3O/c11-6-3-5(13)1-2-7(6)17-10-8(12)9(14)15-4-16-10/h1-4H,(H2,14,15,16). The zero-order chi connectivity index (χ0) is 12.4. The zero-order valence-electron chi connectivity index (χ0n) is 8.32. The molecule has 0 unspecified atom stereocenters. The van der Waals surface area contributed by atoms with Gasteiger partial charge in [0.15, 0.2) is 0 Å². The smallest absolute Gasteiger partial charge is 0.238 e. The molecule has 0 bridgehead atoms. The van der Waals surface area contributed by atoms with E-state index in [-0.39, 0.29) is 0 Å². The molecule has 0 atom stereocenters. The molecule has 1 aromatic heterocycles. The van der Waals surface area contributed by atoms with Crippen molar-refractivity contribution in [2.24, 2.45) is 0 Å². The molecule has 0 saturated carbocycles. The second kappa shape index (κ2) is 5.20. The minimum absolute atomic E-state index is 0.320. The predicted molar refractivity (Wildman–Crippen MR) is 73.4 cm³/mol. The lowest BCUT2D eigenvalue weighted by Gasteiger charge is -2.08. The number of aromatic nitrogens is 2. The molecule has 0 aliphatic carbocycles. The van der Waals surface area contributed by atoms with Crippen molar-refractivity contribution in [3.8, 4) is 11.6 Å². The van der Waals surface area contributed by atoms with E-state index in [2.05, 4.69) is 41.8 Å². The summed E-state index contributed by atoms with van der Waals surface area (Å²) in [7, 11) is 0. The van der Waals surface area contributed by atoms with Crippen molar-refractivity contribution in [2.45, 2.75) is 0 Å². The number of ether oxygens (including phenoxy) is 1. The highest BCUT2D eigenvalue weighted by molar-refractivity contribution is 9.11. The van der Waals surface area contributed by atoms with Crippen LogP contribution < -0.4 is 10.5 Å². The van der Waals surface area contributed by atoms with E-state index in [9.17, 15) is 0 Å². The average molecular weight is 379 g/mol. The van der Waals surface area contributed by atoms with Crippen molar-refractivity contribution in [3.63, 3.8) is 0 Å². The molecule has 17 heavy (non-hydrogen) atoms. The van der Waals surface area contributed by atoms with Crippen molar-refractivity contribution in [2.75, 3.05) is 5.73 Å². The van der Waals surface area contributed by atoms with Gasteiger partial charge in [-0.2, -0.15) is 0 Å². The fourth-order valence-corrected chi connectivity index (χ4v) is 2.15. The summed E-state index contributed by atoms with van der Waals surface area (Å²) >= 11 is 12.4. The molecule has 0 radical (unpaired) electrons. The van der Waals surface area contributed by atoms with Gasteiger partial charge >= 0.3 is 0 Å². The third kappa shape index (κ3) is 2.88. The molecule has 1 heterocycles. The van der Waals surface area contributed by atoms with E-state index in [1.54, 1.807) is 18.2 Å². The largest absolute Gasteiger partial charge is 0.436 e. The van der Waals surface area contributed by atoms with Crippen LogP contribution in [0.25, 0.3) is 0 Å². The Morgan fingerprint density at radius 3 is 2.71 bits per heavy atom. The highest BCUT2D eigenvalue weighted by Gasteiger charge is 2.10. The first-order chi connectivity index (χ1) is 8.08. The first-order valence-electron chi connectivity index (χ1n) is 4.47. The second-order valence-electron chi connectivity index (χ2n) is 3.05. The molecule has 4 nitrogen and oxygen atoms in total. The van der Waals surface area contributed by atoms with Crippen LogP contribution in [0.5, 0.6) is 11.6 Å². The van der Waals surface area contributed by atoms with Gasteiger partial charge in [0.2, 0.25) is 5.88 Å². The van der Waals surface area contributed by atoms with Gasteiger partial charge in [0.25, 0.3) is 0 Å². The zero-order valence-corrected chi connectivity index (χ0v) is 12.3. The number of nitrogens with zero attached hydrogens (tertiary/aromatic N) is 2. The topological polar surface area (TPSA) is 61.0 Å². The molecule has 0 spiro atoms. The molecule has 2 aromatic rings. The average Bonchev–Trinajstić information content (AvgIpc) is 2.28. The summed E-state index contributed by atoms with van der Waals surface area (Å²) < 4.78 is 6.84. The van der Waals surface area contributed by atoms with Crippen molar-refractivity contribution in [3.05, 3.63) is 38.5 Å². The second-order valence-corrected chi connectivity index (χ2v) is 5.14. The Labute approximate surface area is 119 Å². The van der Waals surface area contributed by atoms with Gasteiger partial charge in [-0.15, -0.1) is 0 Å². The quantitative estimate of drug-likeness (QED) is 0.856. The monoisotopic (exact) mass is 377 g/mol. The SMILES string of the molecule is Nc1ncnc(Oc2ccc(Cl)cc2Br)c1Br. The number of rotatable bonds is 2. The van der Waals surface area contributed by atoms with Gasteiger partial charge in [-0.05, 0) is 50.1 Å². The lowest BCUT2D eigenvalue weighted by Crippen LogP contribution is -1.96. The number of nitrogens with two attached hydrogens (primary N) is 1. The van der Waals surface area contributed by atoms with E-state index in [4.69, 9.17) is 22.1 Å². The Kier molecular flexibility index (Phi) is 3.86. The van der Waals surface area contributed by atoms with Crippen LogP contribution in [0.2, 0.25) is 5.02 Å². The van der Waals surface area contributed by atoms with Gasteiger partial charge in [-0.3, -0.25) is 0 Å². The highest BCUT2D eigenvalue weighted by atomic mass is 79.9. The Balaban J connectivity index is 2.35. The normalized spacial score (nSPS) is 10.3. The number of anilines is 1. The number of halogens is 3. The van der Waals surface area contributed by atoms with E-state index in [0.717, 1.165) is 4.47 Å². The van der Waals surface area contributed by atoms with Crippen LogP contribution >= 0.6 is 43.5 Å². The Morgan fingerprint density at radius 2 is 2.00 bits per heavy atom. The predicted octanol–water partition coefficient (Wildman–Crippen LogP) is 4.03. The minimum atomic E-state index is 0.320. The van der Waals surface area contributed by atoms with Crippen LogP contribution in [0, 0.1) is 0 Å². The Bertz CT molecular complexity index is 565. The summed E-state index contributed by atoms with van der Waals surface area (Å²) in [5, 5.41) is 0.616. The molecular weight excluding hydrogens is 373 g/mol. The first-order valence-corrected chi connectivity index (χ1v) is 6.43. The van der Waals surface area contributed by atoms with E-state index in [1.807, 2.05) is 0 Å². The molecule has 0 amide bonds. The molecule has 0 fully saturated rings. The van der Waals surface area contributed by atoms with Crippen molar-refractivity contribution in [1.82, 2.24) is 9.97 Å². The molecule has 7 heteroatoms. The summed E-state index contributed by atoms with van der Waals surface area (Å²) in [5.74, 6) is 1.26. The number of benzene rings is 1. The molecule has 1 aromatic carbocycles. The number of hydrogen-bond acceptors (Lipinski definition) is 4. The van der Waals surface area contributed by atoms with Crippen molar-refractivity contribution >= 4 is 49.3 Å². The van der Waals surface area contributed by atoms with Crippen LogP contribution in [-0.4, -0.2) is 9.97 Å². The third-order valence-corrected chi connectivity index (χ3v) is 3.49. The van der Waals surface area contributed by atoms with E-state index >= 15 is 0 Å². The van der Waals surface area contributed by atoms with Gasteiger partial charge in [0.05, 0.1) is 4.47 Å². The van der Waals surface area contributed by atoms with Crippen LogP contribution in [0.1, 0.15) is 0 Å². The minimum Gasteiger partial charge on any atom is -0.436 e. The third-order valence-electron chi connectivity index (χ3n) is 1.89. The molecule has 2 rings (SSSR count). The Morgan fingerprint density at radius 1 is 1.24 bits per heavy atom. The highest BCUT2D eigenvalue weighted by Crippen LogP contribution is 2.35.